The highest BCUT2D eigenvalue weighted by molar-refractivity contribution is 5.59. The Bertz CT molecular complexity index is 528. The molecule has 17 heavy (non-hydrogen) atoms. The molecule has 0 aliphatic carbocycles. The van der Waals surface area contributed by atoms with Crippen LogP contribution in [0.3, 0.4) is 0 Å². The molecule has 0 bridgehead atoms. The second-order valence-electron chi connectivity index (χ2n) is 3.54. The Morgan fingerprint density at radius 1 is 1.24 bits per heavy atom. The van der Waals surface area contributed by atoms with E-state index in [0.29, 0.717) is 18.2 Å². The Kier molecular flexibility index (Phi) is 3.20. The van der Waals surface area contributed by atoms with E-state index in [-0.39, 0.29) is 0 Å². The maximum Gasteiger partial charge on any atom is 0.161 e. The number of benzene rings is 1. The third kappa shape index (κ3) is 2.51. The highest BCUT2D eigenvalue weighted by Gasteiger charge is 2.05. The minimum Gasteiger partial charge on any atom is -0.497 e. The van der Waals surface area contributed by atoms with Gasteiger partial charge in [0.15, 0.2) is 5.82 Å². The number of nitrogen functional groups attached to an aromatic ring is 1. The van der Waals surface area contributed by atoms with Gasteiger partial charge in [-0.1, -0.05) is 12.1 Å². The second-order valence-corrected chi connectivity index (χ2v) is 3.54. The van der Waals surface area contributed by atoms with E-state index in [9.17, 15) is 0 Å². The van der Waals surface area contributed by atoms with Crippen LogP contribution in [0.4, 0.5) is 5.82 Å². The van der Waals surface area contributed by atoms with Crippen LogP contribution >= 0.6 is 0 Å². The first-order valence-electron chi connectivity index (χ1n) is 5.21. The van der Waals surface area contributed by atoms with Crippen molar-refractivity contribution in [2.24, 2.45) is 5.73 Å². The molecule has 2 rings (SSSR count). The highest BCUT2D eigenvalue weighted by atomic mass is 16.5. The van der Waals surface area contributed by atoms with Gasteiger partial charge in [0.2, 0.25) is 0 Å². The number of nitrogens with two attached hydrogens (primary N) is 2. The van der Waals surface area contributed by atoms with Crippen LogP contribution in [0.5, 0.6) is 5.75 Å². The lowest BCUT2D eigenvalue weighted by Crippen LogP contribution is -2.04. The Morgan fingerprint density at radius 2 is 2.06 bits per heavy atom. The average molecular weight is 230 g/mol. The zero-order valence-corrected chi connectivity index (χ0v) is 9.55. The predicted octanol–water partition coefficient (Wildman–Crippen LogP) is 1.19. The van der Waals surface area contributed by atoms with Crippen molar-refractivity contribution in [3.05, 3.63) is 36.0 Å². The zero-order valence-electron chi connectivity index (χ0n) is 9.55. The van der Waals surface area contributed by atoms with Crippen molar-refractivity contribution in [1.82, 2.24) is 9.97 Å². The lowest BCUT2D eigenvalue weighted by Gasteiger charge is -2.06. The lowest BCUT2D eigenvalue weighted by molar-refractivity contribution is 0.415. The molecule has 0 aliphatic rings. The fourth-order valence-electron chi connectivity index (χ4n) is 1.51. The van der Waals surface area contributed by atoms with Gasteiger partial charge in [0.1, 0.15) is 11.6 Å². The molecule has 0 atom stereocenters. The number of rotatable bonds is 3. The van der Waals surface area contributed by atoms with Crippen LogP contribution in [0.2, 0.25) is 0 Å². The molecule has 0 spiro atoms. The summed E-state index contributed by atoms with van der Waals surface area (Å²) >= 11 is 0. The Hall–Kier alpha value is -2.14. The van der Waals surface area contributed by atoms with Crippen molar-refractivity contribution in [1.29, 1.82) is 0 Å². The molecule has 1 heterocycles. The van der Waals surface area contributed by atoms with E-state index in [1.165, 1.54) is 0 Å². The molecule has 5 nitrogen and oxygen atoms in total. The molecule has 0 radical (unpaired) electrons. The van der Waals surface area contributed by atoms with E-state index in [1.807, 2.05) is 24.3 Å². The zero-order chi connectivity index (χ0) is 12.3. The van der Waals surface area contributed by atoms with E-state index >= 15 is 0 Å². The van der Waals surface area contributed by atoms with Crippen LogP contribution < -0.4 is 16.2 Å². The number of aromatic nitrogens is 2. The van der Waals surface area contributed by atoms with Crippen LogP contribution in [0.1, 0.15) is 5.69 Å². The maximum atomic E-state index is 5.70. The van der Waals surface area contributed by atoms with Crippen LogP contribution in [0.25, 0.3) is 11.4 Å². The smallest absolute Gasteiger partial charge is 0.161 e. The molecule has 0 saturated carbocycles. The van der Waals surface area contributed by atoms with Crippen LogP contribution in [0, 0.1) is 0 Å². The SMILES string of the molecule is COc1cccc(-c2nc(N)cc(CN)n2)c1. The predicted molar refractivity (Wildman–Crippen MR) is 66.3 cm³/mol. The summed E-state index contributed by atoms with van der Waals surface area (Å²) in [5.41, 5.74) is 12.8. The fourth-order valence-corrected chi connectivity index (χ4v) is 1.51. The molecule has 0 fully saturated rings. The van der Waals surface area contributed by atoms with E-state index < -0.39 is 0 Å². The molecule has 88 valence electrons. The summed E-state index contributed by atoms with van der Waals surface area (Å²) in [5.74, 6) is 1.73. The van der Waals surface area contributed by atoms with E-state index in [4.69, 9.17) is 16.2 Å². The molecular weight excluding hydrogens is 216 g/mol. The summed E-state index contributed by atoms with van der Waals surface area (Å²) in [5, 5.41) is 0. The summed E-state index contributed by atoms with van der Waals surface area (Å²) in [6.07, 6.45) is 0. The van der Waals surface area contributed by atoms with Gasteiger partial charge in [-0.2, -0.15) is 0 Å². The number of ether oxygens (including phenoxy) is 1. The molecule has 4 N–H and O–H groups in total. The van der Waals surface area contributed by atoms with Gasteiger partial charge in [0.05, 0.1) is 12.8 Å². The Labute approximate surface area is 99.5 Å². The van der Waals surface area contributed by atoms with Gasteiger partial charge in [0.25, 0.3) is 0 Å². The van der Waals surface area contributed by atoms with E-state index in [1.54, 1.807) is 13.2 Å². The first kappa shape index (κ1) is 11.3. The van der Waals surface area contributed by atoms with E-state index in [2.05, 4.69) is 9.97 Å². The third-order valence-corrected chi connectivity index (χ3v) is 2.34. The lowest BCUT2D eigenvalue weighted by atomic mass is 10.2. The summed E-state index contributed by atoms with van der Waals surface area (Å²) in [4.78, 5) is 8.51. The number of hydrogen-bond acceptors (Lipinski definition) is 5. The largest absolute Gasteiger partial charge is 0.497 e. The van der Waals surface area contributed by atoms with Crippen molar-refractivity contribution in [2.45, 2.75) is 6.54 Å². The van der Waals surface area contributed by atoms with Crippen molar-refractivity contribution < 1.29 is 4.74 Å². The highest BCUT2D eigenvalue weighted by Crippen LogP contribution is 2.21. The van der Waals surface area contributed by atoms with Gasteiger partial charge in [-0.05, 0) is 12.1 Å². The van der Waals surface area contributed by atoms with Gasteiger partial charge >= 0.3 is 0 Å². The number of methoxy groups -OCH3 is 1. The van der Waals surface area contributed by atoms with Crippen molar-refractivity contribution in [2.75, 3.05) is 12.8 Å². The Morgan fingerprint density at radius 3 is 2.76 bits per heavy atom. The topological polar surface area (TPSA) is 87.0 Å². The van der Waals surface area contributed by atoms with Gasteiger partial charge in [-0.15, -0.1) is 0 Å². The molecule has 0 unspecified atom stereocenters. The average Bonchev–Trinajstić information content (AvgIpc) is 2.38. The normalized spacial score (nSPS) is 10.2. The second kappa shape index (κ2) is 4.80. The van der Waals surface area contributed by atoms with Crippen LogP contribution in [-0.4, -0.2) is 17.1 Å². The molecule has 1 aromatic heterocycles. The van der Waals surface area contributed by atoms with Crippen molar-refractivity contribution in [3.63, 3.8) is 0 Å². The number of anilines is 1. The van der Waals surface area contributed by atoms with Crippen molar-refractivity contribution in [3.8, 4) is 17.1 Å². The molecular formula is C12H14N4O. The van der Waals surface area contributed by atoms with Gasteiger partial charge in [-0.3, -0.25) is 0 Å². The van der Waals surface area contributed by atoms with Crippen molar-refractivity contribution >= 4 is 5.82 Å². The van der Waals surface area contributed by atoms with E-state index in [0.717, 1.165) is 17.0 Å². The minimum absolute atomic E-state index is 0.337. The third-order valence-electron chi connectivity index (χ3n) is 2.34. The summed E-state index contributed by atoms with van der Waals surface area (Å²) in [7, 11) is 1.62. The number of nitrogens with zero attached hydrogens (tertiary/aromatic N) is 2. The van der Waals surface area contributed by atoms with Crippen LogP contribution in [-0.2, 0) is 6.54 Å². The Balaban J connectivity index is 2.47. The first-order valence-corrected chi connectivity index (χ1v) is 5.21. The molecule has 1 aromatic carbocycles. The fraction of sp³-hybridized carbons (Fsp3) is 0.167. The van der Waals surface area contributed by atoms with Crippen LogP contribution in [0.15, 0.2) is 30.3 Å². The summed E-state index contributed by atoms with van der Waals surface area (Å²) in [6.45, 7) is 0.337. The molecule has 5 heteroatoms. The molecule has 0 saturated heterocycles. The molecule has 0 aliphatic heterocycles. The molecule has 0 amide bonds. The van der Waals surface area contributed by atoms with Gasteiger partial charge in [0, 0.05) is 18.2 Å². The summed E-state index contributed by atoms with van der Waals surface area (Å²) in [6, 6.07) is 9.17. The molecule has 2 aromatic rings. The monoisotopic (exact) mass is 230 g/mol. The quantitative estimate of drug-likeness (QED) is 0.827. The maximum absolute atomic E-state index is 5.70. The summed E-state index contributed by atoms with van der Waals surface area (Å²) < 4.78 is 5.15. The number of hydrogen-bond donors (Lipinski definition) is 2. The van der Waals surface area contributed by atoms with Gasteiger partial charge in [-0.25, -0.2) is 9.97 Å². The minimum atomic E-state index is 0.337. The van der Waals surface area contributed by atoms with Gasteiger partial charge < -0.3 is 16.2 Å². The standard InChI is InChI=1S/C12H14N4O/c1-17-10-4-2-3-8(5-10)12-15-9(7-13)6-11(14)16-12/h2-6H,7,13H2,1H3,(H2,14,15,16). The first-order chi connectivity index (χ1) is 8.22.